The topological polar surface area (TPSA) is 49.5 Å². The molecule has 3 N–H and O–H groups in total. The lowest BCUT2D eigenvalue weighted by Gasteiger charge is -2.36. The van der Waals surface area contributed by atoms with Crippen molar-refractivity contribution in [3.05, 3.63) is 29.8 Å². The van der Waals surface area contributed by atoms with Crippen molar-refractivity contribution in [2.24, 2.45) is 11.7 Å². The van der Waals surface area contributed by atoms with Crippen molar-refractivity contribution >= 4 is 5.69 Å². The van der Waals surface area contributed by atoms with Gasteiger partial charge in [0.1, 0.15) is 0 Å². The van der Waals surface area contributed by atoms with E-state index in [2.05, 4.69) is 43.0 Å². The summed E-state index contributed by atoms with van der Waals surface area (Å²) >= 11 is 0. The van der Waals surface area contributed by atoms with E-state index >= 15 is 0 Å². The van der Waals surface area contributed by atoms with Crippen LogP contribution in [0.4, 0.5) is 5.69 Å². The zero-order valence-corrected chi connectivity index (χ0v) is 11.3. The largest absolute Gasteiger partial charge is 0.393 e. The zero-order valence-electron chi connectivity index (χ0n) is 11.3. The highest BCUT2D eigenvalue weighted by Gasteiger charge is 2.24. The normalized spacial score (nSPS) is 26.1. The Hall–Kier alpha value is -1.06. The van der Waals surface area contributed by atoms with E-state index in [9.17, 15) is 5.11 Å². The van der Waals surface area contributed by atoms with Gasteiger partial charge in [-0.2, -0.15) is 0 Å². The molecule has 1 heterocycles. The second-order valence-corrected chi connectivity index (χ2v) is 5.39. The number of benzene rings is 1. The van der Waals surface area contributed by atoms with Crippen molar-refractivity contribution in [1.29, 1.82) is 0 Å². The number of rotatable bonds is 3. The lowest BCUT2D eigenvalue weighted by molar-refractivity contribution is 0.0971. The minimum atomic E-state index is -0.144. The molecule has 0 bridgehead atoms. The molecule has 2 unspecified atom stereocenters. The molecular formula is C15H24N2O. The lowest BCUT2D eigenvalue weighted by atomic mass is 9.96. The van der Waals surface area contributed by atoms with Gasteiger partial charge in [-0.3, -0.25) is 0 Å². The molecule has 1 aromatic rings. The summed E-state index contributed by atoms with van der Waals surface area (Å²) in [6, 6.07) is 8.68. The maximum absolute atomic E-state index is 9.75. The minimum absolute atomic E-state index is 0.140. The Bertz CT molecular complexity index is 377. The van der Waals surface area contributed by atoms with Crippen molar-refractivity contribution in [2.75, 3.05) is 18.0 Å². The number of hydrogen-bond donors (Lipinski definition) is 2. The zero-order chi connectivity index (χ0) is 13.1. The van der Waals surface area contributed by atoms with Crippen LogP contribution in [0.1, 0.15) is 38.3 Å². The van der Waals surface area contributed by atoms with Gasteiger partial charge in [-0.15, -0.1) is 0 Å². The molecule has 0 aliphatic carbocycles. The number of aliphatic hydroxyl groups is 1. The van der Waals surface area contributed by atoms with E-state index in [1.165, 1.54) is 11.3 Å². The Morgan fingerprint density at radius 3 is 2.61 bits per heavy atom. The molecule has 1 aliphatic heterocycles. The van der Waals surface area contributed by atoms with Gasteiger partial charge >= 0.3 is 0 Å². The standard InChI is InChI=1S/C15H24N2O/c1-3-14(16)12-4-6-13(7-5-12)17-9-8-15(18)11(2)10-17/h4-7,11,14-15,18H,3,8-10,16H2,1-2H3/t11?,14-,15?/m1/s1. The summed E-state index contributed by atoms with van der Waals surface area (Å²) in [5.74, 6) is 0.344. The van der Waals surface area contributed by atoms with Crippen LogP contribution in [-0.2, 0) is 0 Å². The van der Waals surface area contributed by atoms with Crippen LogP contribution in [0.5, 0.6) is 0 Å². The fourth-order valence-corrected chi connectivity index (χ4v) is 2.54. The smallest absolute Gasteiger partial charge is 0.0599 e. The molecule has 0 spiro atoms. The van der Waals surface area contributed by atoms with Gasteiger partial charge in [-0.25, -0.2) is 0 Å². The Kier molecular flexibility index (Phi) is 4.25. The van der Waals surface area contributed by atoms with E-state index in [1.54, 1.807) is 0 Å². The predicted octanol–water partition coefficient (Wildman–Crippen LogP) is 2.30. The van der Waals surface area contributed by atoms with E-state index in [1.807, 2.05) is 0 Å². The van der Waals surface area contributed by atoms with Gasteiger partial charge in [0.05, 0.1) is 6.10 Å². The molecule has 0 saturated carbocycles. The van der Waals surface area contributed by atoms with Crippen molar-refractivity contribution in [3.8, 4) is 0 Å². The summed E-state index contributed by atoms with van der Waals surface area (Å²) in [4.78, 5) is 2.35. The molecule has 0 amide bonds. The molecule has 18 heavy (non-hydrogen) atoms. The first kappa shape index (κ1) is 13.4. The number of nitrogens with zero attached hydrogens (tertiary/aromatic N) is 1. The SMILES string of the molecule is CC[C@@H](N)c1ccc(N2CCC(O)C(C)C2)cc1. The summed E-state index contributed by atoms with van der Waals surface area (Å²) < 4.78 is 0. The summed E-state index contributed by atoms with van der Waals surface area (Å²) in [6.45, 7) is 6.08. The van der Waals surface area contributed by atoms with Crippen molar-refractivity contribution in [3.63, 3.8) is 0 Å². The molecule has 2 rings (SSSR count). The third-order valence-electron chi connectivity index (χ3n) is 3.99. The van der Waals surface area contributed by atoms with E-state index in [0.29, 0.717) is 5.92 Å². The fraction of sp³-hybridized carbons (Fsp3) is 0.600. The number of aliphatic hydroxyl groups excluding tert-OH is 1. The molecule has 1 fully saturated rings. The first-order valence-electron chi connectivity index (χ1n) is 6.90. The summed E-state index contributed by atoms with van der Waals surface area (Å²) in [5.41, 5.74) is 8.45. The maximum Gasteiger partial charge on any atom is 0.0599 e. The van der Waals surface area contributed by atoms with Gasteiger partial charge in [0.15, 0.2) is 0 Å². The molecule has 3 atom stereocenters. The van der Waals surface area contributed by atoms with Crippen molar-refractivity contribution in [2.45, 2.75) is 38.8 Å². The summed E-state index contributed by atoms with van der Waals surface area (Å²) in [7, 11) is 0. The third-order valence-corrected chi connectivity index (χ3v) is 3.99. The molecule has 0 aromatic heterocycles. The average Bonchev–Trinajstić information content (AvgIpc) is 2.41. The Morgan fingerprint density at radius 2 is 2.06 bits per heavy atom. The Morgan fingerprint density at radius 1 is 1.39 bits per heavy atom. The number of hydrogen-bond acceptors (Lipinski definition) is 3. The van der Waals surface area contributed by atoms with E-state index in [0.717, 1.165) is 25.9 Å². The van der Waals surface area contributed by atoms with Crippen LogP contribution in [0.3, 0.4) is 0 Å². The van der Waals surface area contributed by atoms with Crippen molar-refractivity contribution < 1.29 is 5.11 Å². The Labute approximate surface area is 110 Å². The quantitative estimate of drug-likeness (QED) is 0.863. The maximum atomic E-state index is 9.75. The van der Waals surface area contributed by atoms with Gasteiger partial charge in [0, 0.05) is 24.8 Å². The van der Waals surface area contributed by atoms with E-state index < -0.39 is 0 Å². The number of piperidine rings is 1. The van der Waals surface area contributed by atoms with Gasteiger partial charge in [-0.1, -0.05) is 26.0 Å². The lowest BCUT2D eigenvalue weighted by Crippen LogP contribution is -2.41. The van der Waals surface area contributed by atoms with Crippen LogP contribution in [0.25, 0.3) is 0 Å². The predicted molar refractivity (Wildman–Crippen MR) is 75.7 cm³/mol. The van der Waals surface area contributed by atoms with Crippen LogP contribution in [0.15, 0.2) is 24.3 Å². The van der Waals surface area contributed by atoms with Crippen LogP contribution in [0, 0.1) is 5.92 Å². The molecule has 100 valence electrons. The first-order valence-corrected chi connectivity index (χ1v) is 6.90. The van der Waals surface area contributed by atoms with Crippen LogP contribution in [0.2, 0.25) is 0 Å². The van der Waals surface area contributed by atoms with Gasteiger partial charge < -0.3 is 15.7 Å². The molecule has 3 heteroatoms. The van der Waals surface area contributed by atoms with E-state index in [-0.39, 0.29) is 12.1 Å². The highest BCUT2D eigenvalue weighted by Crippen LogP contribution is 2.25. The monoisotopic (exact) mass is 248 g/mol. The molecule has 1 saturated heterocycles. The highest BCUT2D eigenvalue weighted by atomic mass is 16.3. The van der Waals surface area contributed by atoms with Crippen LogP contribution in [-0.4, -0.2) is 24.3 Å². The first-order chi connectivity index (χ1) is 8.61. The second-order valence-electron chi connectivity index (χ2n) is 5.39. The van der Waals surface area contributed by atoms with Crippen LogP contribution < -0.4 is 10.6 Å². The molecular weight excluding hydrogens is 224 g/mol. The minimum Gasteiger partial charge on any atom is -0.393 e. The molecule has 3 nitrogen and oxygen atoms in total. The van der Waals surface area contributed by atoms with Gasteiger partial charge in [-0.05, 0) is 36.5 Å². The van der Waals surface area contributed by atoms with E-state index in [4.69, 9.17) is 5.73 Å². The Balaban J connectivity index is 2.06. The molecule has 1 aliphatic rings. The average molecular weight is 248 g/mol. The van der Waals surface area contributed by atoms with Crippen LogP contribution >= 0.6 is 0 Å². The number of anilines is 1. The summed E-state index contributed by atoms with van der Waals surface area (Å²) in [5, 5.41) is 9.75. The van der Waals surface area contributed by atoms with Gasteiger partial charge in [0.2, 0.25) is 0 Å². The number of nitrogens with two attached hydrogens (primary N) is 1. The molecule has 1 aromatic carbocycles. The second kappa shape index (κ2) is 5.72. The fourth-order valence-electron chi connectivity index (χ4n) is 2.54. The molecule has 0 radical (unpaired) electrons. The van der Waals surface area contributed by atoms with Crippen molar-refractivity contribution in [1.82, 2.24) is 0 Å². The highest BCUT2D eigenvalue weighted by molar-refractivity contribution is 5.48. The third kappa shape index (κ3) is 2.85. The summed E-state index contributed by atoms with van der Waals surface area (Å²) in [6.07, 6.45) is 1.68. The van der Waals surface area contributed by atoms with Gasteiger partial charge in [0.25, 0.3) is 0 Å².